The van der Waals surface area contributed by atoms with Crippen molar-refractivity contribution in [3.05, 3.63) is 0 Å². The molecule has 1 heteroatoms. The average Bonchev–Trinajstić information content (AvgIpc) is 2.20. The summed E-state index contributed by atoms with van der Waals surface area (Å²) in [7, 11) is 0. The predicted octanol–water partition coefficient (Wildman–Crippen LogP) is 2.03. The highest BCUT2D eigenvalue weighted by molar-refractivity contribution is 4.84. The Labute approximate surface area is 64.2 Å². The number of hydrogen-bond acceptors (Lipinski definition) is 1. The summed E-state index contributed by atoms with van der Waals surface area (Å²) in [6.45, 7) is 8.17. The Hall–Kier alpha value is -0.0400. The molecule has 0 aromatic carbocycles. The van der Waals surface area contributed by atoms with Gasteiger partial charge in [0.2, 0.25) is 0 Å². The van der Waals surface area contributed by atoms with Gasteiger partial charge < -0.3 is 5.32 Å². The van der Waals surface area contributed by atoms with E-state index in [9.17, 15) is 0 Å². The van der Waals surface area contributed by atoms with E-state index in [0.29, 0.717) is 0 Å². The van der Waals surface area contributed by atoms with Crippen LogP contribution in [0.4, 0.5) is 0 Å². The fraction of sp³-hybridized carbons (Fsp3) is 1.00. The third kappa shape index (κ3) is 1.51. The summed E-state index contributed by atoms with van der Waals surface area (Å²) in [5.41, 5.74) is 0. The SMILES string of the molecule is CCCC1C(C)CNC1C. The van der Waals surface area contributed by atoms with E-state index in [0.717, 1.165) is 17.9 Å². The standard InChI is InChI=1S/C9H19N/c1-4-5-9-7(2)6-10-8(9)3/h7-10H,4-6H2,1-3H3. The number of nitrogens with one attached hydrogen (secondary N) is 1. The number of hydrogen-bond donors (Lipinski definition) is 1. The molecule has 0 radical (unpaired) electrons. The monoisotopic (exact) mass is 141 g/mol. The van der Waals surface area contributed by atoms with Crippen molar-refractivity contribution in [3.8, 4) is 0 Å². The van der Waals surface area contributed by atoms with Crippen LogP contribution in [0.2, 0.25) is 0 Å². The van der Waals surface area contributed by atoms with E-state index in [4.69, 9.17) is 0 Å². The summed E-state index contributed by atoms with van der Waals surface area (Å²) in [6.07, 6.45) is 2.73. The maximum Gasteiger partial charge on any atom is 0.00701 e. The van der Waals surface area contributed by atoms with Gasteiger partial charge in [-0.1, -0.05) is 20.3 Å². The molecule has 0 saturated carbocycles. The second-order valence-corrected chi connectivity index (χ2v) is 3.63. The topological polar surface area (TPSA) is 12.0 Å². The Bertz CT molecular complexity index is 90.9. The summed E-state index contributed by atoms with van der Waals surface area (Å²) in [5.74, 6) is 1.83. The molecule has 1 fully saturated rings. The molecule has 0 aliphatic carbocycles. The fourth-order valence-corrected chi connectivity index (χ4v) is 2.04. The van der Waals surface area contributed by atoms with Crippen molar-refractivity contribution in [2.75, 3.05) is 6.54 Å². The molecule has 1 N–H and O–H groups in total. The summed E-state index contributed by atoms with van der Waals surface area (Å²) < 4.78 is 0. The van der Waals surface area contributed by atoms with Crippen LogP contribution in [0.15, 0.2) is 0 Å². The molecule has 1 aliphatic heterocycles. The fourth-order valence-electron chi connectivity index (χ4n) is 2.04. The molecule has 1 nitrogen and oxygen atoms in total. The van der Waals surface area contributed by atoms with Gasteiger partial charge in [-0.25, -0.2) is 0 Å². The molecule has 1 rings (SSSR count). The minimum atomic E-state index is 0.759. The Kier molecular flexibility index (Phi) is 2.72. The van der Waals surface area contributed by atoms with Crippen molar-refractivity contribution < 1.29 is 0 Å². The van der Waals surface area contributed by atoms with Crippen LogP contribution in [0.5, 0.6) is 0 Å². The first kappa shape index (κ1) is 8.06. The van der Waals surface area contributed by atoms with Gasteiger partial charge in [-0.2, -0.15) is 0 Å². The molecule has 1 saturated heterocycles. The lowest BCUT2D eigenvalue weighted by molar-refractivity contribution is 0.367. The van der Waals surface area contributed by atoms with Crippen LogP contribution < -0.4 is 5.32 Å². The molecule has 1 aliphatic rings. The van der Waals surface area contributed by atoms with Gasteiger partial charge in [-0.05, 0) is 31.7 Å². The highest BCUT2D eigenvalue weighted by Crippen LogP contribution is 2.25. The second kappa shape index (κ2) is 3.38. The van der Waals surface area contributed by atoms with E-state index in [2.05, 4.69) is 26.1 Å². The van der Waals surface area contributed by atoms with Crippen LogP contribution in [-0.2, 0) is 0 Å². The van der Waals surface area contributed by atoms with Crippen LogP contribution in [0, 0.1) is 11.8 Å². The van der Waals surface area contributed by atoms with Crippen LogP contribution in [-0.4, -0.2) is 12.6 Å². The van der Waals surface area contributed by atoms with E-state index >= 15 is 0 Å². The summed E-state index contributed by atoms with van der Waals surface area (Å²) in [5, 5.41) is 3.50. The first-order valence-electron chi connectivity index (χ1n) is 4.49. The van der Waals surface area contributed by atoms with E-state index in [-0.39, 0.29) is 0 Å². The molecule has 60 valence electrons. The zero-order valence-corrected chi connectivity index (χ0v) is 7.35. The summed E-state index contributed by atoms with van der Waals surface area (Å²) >= 11 is 0. The molecule has 10 heavy (non-hydrogen) atoms. The van der Waals surface area contributed by atoms with Gasteiger partial charge in [0.15, 0.2) is 0 Å². The second-order valence-electron chi connectivity index (χ2n) is 3.63. The molecule has 0 aromatic rings. The zero-order chi connectivity index (χ0) is 7.56. The molecule has 3 unspecified atom stereocenters. The van der Waals surface area contributed by atoms with Crippen LogP contribution >= 0.6 is 0 Å². The van der Waals surface area contributed by atoms with Gasteiger partial charge >= 0.3 is 0 Å². The molecule has 0 spiro atoms. The molecule has 0 bridgehead atoms. The van der Waals surface area contributed by atoms with Gasteiger partial charge in [-0.3, -0.25) is 0 Å². The largest absolute Gasteiger partial charge is 0.314 e. The van der Waals surface area contributed by atoms with Crippen LogP contribution in [0.1, 0.15) is 33.6 Å². The molecule has 1 heterocycles. The van der Waals surface area contributed by atoms with E-state index in [1.165, 1.54) is 19.4 Å². The zero-order valence-electron chi connectivity index (χ0n) is 7.35. The van der Waals surface area contributed by atoms with Crippen molar-refractivity contribution in [2.45, 2.75) is 39.7 Å². The van der Waals surface area contributed by atoms with Gasteiger partial charge in [0.05, 0.1) is 0 Å². The molecule has 3 atom stereocenters. The van der Waals surface area contributed by atoms with Gasteiger partial charge in [0.1, 0.15) is 0 Å². The number of rotatable bonds is 2. The summed E-state index contributed by atoms with van der Waals surface area (Å²) in [4.78, 5) is 0. The van der Waals surface area contributed by atoms with E-state index in [1.807, 2.05) is 0 Å². The van der Waals surface area contributed by atoms with Crippen LogP contribution in [0.25, 0.3) is 0 Å². The van der Waals surface area contributed by atoms with Gasteiger partial charge in [0.25, 0.3) is 0 Å². The Morgan fingerprint density at radius 3 is 2.50 bits per heavy atom. The predicted molar refractivity (Wildman–Crippen MR) is 45.0 cm³/mol. The minimum Gasteiger partial charge on any atom is -0.314 e. The van der Waals surface area contributed by atoms with E-state index in [1.54, 1.807) is 0 Å². The highest BCUT2D eigenvalue weighted by atomic mass is 15.0. The van der Waals surface area contributed by atoms with Crippen LogP contribution in [0.3, 0.4) is 0 Å². The van der Waals surface area contributed by atoms with Crippen molar-refractivity contribution >= 4 is 0 Å². The maximum atomic E-state index is 3.50. The lowest BCUT2D eigenvalue weighted by atomic mass is 9.89. The Morgan fingerprint density at radius 1 is 1.40 bits per heavy atom. The lowest BCUT2D eigenvalue weighted by Crippen LogP contribution is -2.22. The first-order valence-corrected chi connectivity index (χ1v) is 4.49. The Balaban J connectivity index is 2.38. The Morgan fingerprint density at radius 2 is 2.10 bits per heavy atom. The first-order chi connectivity index (χ1) is 4.75. The van der Waals surface area contributed by atoms with Gasteiger partial charge in [0, 0.05) is 6.04 Å². The third-order valence-corrected chi connectivity index (χ3v) is 2.76. The maximum absolute atomic E-state index is 3.50. The molecular formula is C9H19N. The van der Waals surface area contributed by atoms with Crippen molar-refractivity contribution in [3.63, 3.8) is 0 Å². The molecule has 0 amide bonds. The van der Waals surface area contributed by atoms with Crippen molar-refractivity contribution in [1.29, 1.82) is 0 Å². The molecular weight excluding hydrogens is 122 g/mol. The third-order valence-electron chi connectivity index (χ3n) is 2.76. The molecule has 0 aromatic heterocycles. The quantitative estimate of drug-likeness (QED) is 0.620. The smallest absolute Gasteiger partial charge is 0.00701 e. The van der Waals surface area contributed by atoms with E-state index < -0.39 is 0 Å². The van der Waals surface area contributed by atoms with Crippen molar-refractivity contribution in [1.82, 2.24) is 5.32 Å². The average molecular weight is 141 g/mol. The summed E-state index contributed by atoms with van der Waals surface area (Å²) in [6, 6.07) is 0.759. The van der Waals surface area contributed by atoms with Gasteiger partial charge in [-0.15, -0.1) is 0 Å². The highest BCUT2D eigenvalue weighted by Gasteiger charge is 2.28. The lowest BCUT2D eigenvalue weighted by Gasteiger charge is -2.17. The minimum absolute atomic E-state index is 0.759. The normalized spacial score (nSPS) is 40.5. The van der Waals surface area contributed by atoms with Crippen molar-refractivity contribution in [2.24, 2.45) is 11.8 Å².